The summed E-state index contributed by atoms with van der Waals surface area (Å²) in [5.41, 5.74) is -0.561. The highest BCUT2D eigenvalue weighted by molar-refractivity contribution is 5.37. The molecule has 0 amide bonds. The Hall–Kier alpha value is -1.24. The Labute approximate surface area is 127 Å². The Kier molecular flexibility index (Phi) is 4.81. The summed E-state index contributed by atoms with van der Waals surface area (Å²) in [7, 11) is 0. The van der Waals surface area contributed by atoms with Crippen LogP contribution in [-0.2, 0) is 9.59 Å². The molecular weight excluding hydrogens is 264 g/mol. The molecule has 0 heterocycles. The Morgan fingerprint density at radius 1 is 0.810 bits per heavy atom. The van der Waals surface area contributed by atoms with Gasteiger partial charge in [-0.05, 0) is 43.9 Å². The van der Waals surface area contributed by atoms with Crippen molar-refractivity contribution in [1.82, 2.24) is 0 Å². The molecule has 0 aromatic carbocycles. The number of aliphatic imine (C=N–C) groups is 2. The van der Waals surface area contributed by atoms with Crippen LogP contribution in [0.2, 0.25) is 0 Å². The van der Waals surface area contributed by atoms with E-state index < -0.39 is 0 Å². The van der Waals surface area contributed by atoms with Crippen molar-refractivity contribution in [3.63, 3.8) is 0 Å². The Morgan fingerprint density at radius 3 is 1.95 bits per heavy atom. The van der Waals surface area contributed by atoms with E-state index in [2.05, 4.69) is 23.8 Å². The molecule has 2 aliphatic rings. The van der Waals surface area contributed by atoms with E-state index >= 15 is 0 Å². The molecule has 0 bridgehead atoms. The molecule has 21 heavy (non-hydrogen) atoms. The SMILES string of the molecule is CC1(C)CCCC(CC2(N=C=O)CCCCC2)(N=C=O)C1. The van der Waals surface area contributed by atoms with Crippen LogP contribution in [0.4, 0.5) is 0 Å². The van der Waals surface area contributed by atoms with Gasteiger partial charge in [0, 0.05) is 0 Å². The number of carbonyl (C=O) groups excluding carboxylic acids is 2. The van der Waals surface area contributed by atoms with Crippen molar-refractivity contribution < 1.29 is 9.59 Å². The first-order valence-electron chi connectivity index (χ1n) is 8.13. The Bertz CT molecular complexity index is 467. The number of hydrogen-bond donors (Lipinski definition) is 0. The van der Waals surface area contributed by atoms with Crippen LogP contribution in [0.3, 0.4) is 0 Å². The molecule has 0 aliphatic heterocycles. The largest absolute Gasteiger partial charge is 0.235 e. The standard InChI is InChI=1S/C17H26N2O2/c1-15(2)7-6-10-17(11-15,19-14-21)12-16(18-13-20)8-4-3-5-9-16/h3-12H2,1-2H3. The maximum atomic E-state index is 11.0. The molecule has 1 unspecified atom stereocenters. The van der Waals surface area contributed by atoms with Gasteiger partial charge < -0.3 is 0 Å². The molecular formula is C17H26N2O2. The third-order valence-corrected chi connectivity index (χ3v) is 5.31. The average Bonchev–Trinajstić information content (AvgIpc) is 2.38. The highest BCUT2D eigenvalue weighted by Crippen LogP contribution is 2.49. The van der Waals surface area contributed by atoms with Crippen molar-refractivity contribution in [2.45, 2.75) is 89.1 Å². The van der Waals surface area contributed by atoms with Crippen LogP contribution in [0.15, 0.2) is 9.98 Å². The summed E-state index contributed by atoms with van der Waals surface area (Å²) in [5.74, 6) is 0. The number of rotatable bonds is 4. The fourth-order valence-corrected chi connectivity index (χ4v) is 4.59. The molecule has 4 nitrogen and oxygen atoms in total. The lowest BCUT2D eigenvalue weighted by molar-refractivity contribution is 0.110. The highest BCUT2D eigenvalue weighted by atomic mass is 16.1. The van der Waals surface area contributed by atoms with Gasteiger partial charge in [-0.25, -0.2) is 9.59 Å². The lowest BCUT2D eigenvalue weighted by atomic mass is 9.63. The third-order valence-electron chi connectivity index (χ3n) is 5.31. The summed E-state index contributed by atoms with van der Waals surface area (Å²) in [6, 6.07) is 0. The molecule has 1 atom stereocenters. The predicted octanol–water partition coefficient (Wildman–Crippen LogP) is 4.09. The predicted molar refractivity (Wildman–Crippen MR) is 81.7 cm³/mol. The highest BCUT2D eigenvalue weighted by Gasteiger charge is 2.46. The summed E-state index contributed by atoms with van der Waals surface area (Å²) in [6.45, 7) is 4.47. The van der Waals surface area contributed by atoms with Gasteiger partial charge in [0.2, 0.25) is 12.2 Å². The molecule has 4 heteroatoms. The van der Waals surface area contributed by atoms with Gasteiger partial charge in [0.1, 0.15) is 0 Å². The van der Waals surface area contributed by atoms with Gasteiger partial charge in [-0.15, -0.1) is 0 Å². The van der Waals surface area contributed by atoms with Crippen molar-refractivity contribution in [1.29, 1.82) is 0 Å². The zero-order valence-corrected chi connectivity index (χ0v) is 13.3. The molecule has 0 N–H and O–H groups in total. The van der Waals surface area contributed by atoms with Gasteiger partial charge >= 0.3 is 0 Å². The van der Waals surface area contributed by atoms with Crippen molar-refractivity contribution in [2.24, 2.45) is 15.4 Å². The first-order valence-corrected chi connectivity index (χ1v) is 8.13. The summed E-state index contributed by atoms with van der Waals surface area (Å²) in [4.78, 5) is 30.3. The normalized spacial score (nSPS) is 30.8. The third kappa shape index (κ3) is 3.90. The number of nitrogens with zero attached hydrogens (tertiary/aromatic N) is 2. The van der Waals surface area contributed by atoms with Gasteiger partial charge in [0.05, 0.1) is 11.1 Å². The second-order valence-electron chi connectivity index (χ2n) is 7.79. The van der Waals surface area contributed by atoms with Gasteiger partial charge in [0.15, 0.2) is 0 Å². The van der Waals surface area contributed by atoms with E-state index in [1.807, 2.05) is 0 Å². The van der Waals surface area contributed by atoms with Gasteiger partial charge in [-0.2, -0.15) is 9.98 Å². The van der Waals surface area contributed by atoms with E-state index in [0.717, 1.165) is 51.4 Å². The molecule has 116 valence electrons. The fourth-order valence-electron chi connectivity index (χ4n) is 4.59. The zero-order chi connectivity index (χ0) is 15.4. The van der Waals surface area contributed by atoms with E-state index in [4.69, 9.17) is 0 Å². The minimum Gasteiger partial charge on any atom is -0.211 e. The van der Waals surface area contributed by atoms with Crippen molar-refractivity contribution >= 4 is 12.2 Å². The molecule has 0 aromatic rings. The van der Waals surface area contributed by atoms with E-state index in [-0.39, 0.29) is 16.5 Å². The van der Waals surface area contributed by atoms with Crippen LogP contribution >= 0.6 is 0 Å². The van der Waals surface area contributed by atoms with Crippen LogP contribution in [0.25, 0.3) is 0 Å². The van der Waals surface area contributed by atoms with Crippen LogP contribution in [-0.4, -0.2) is 23.2 Å². The van der Waals surface area contributed by atoms with Gasteiger partial charge in [-0.1, -0.05) is 39.5 Å². The first-order chi connectivity index (χ1) is 9.95. The van der Waals surface area contributed by atoms with E-state index in [1.54, 1.807) is 12.2 Å². The van der Waals surface area contributed by atoms with E-state index in [1.165, 1.54) is 6.42 Å². The van der Waals surface area contributed by atoms with Crippen LogP contribution < -0.4 is 0 Å². The van der Waals surface area contributed by atoms with E-state index in [9.17, 15) is 9.59 Å². The molecule has 0 radical (unpaired) electrons. The average molecular weight is 290 g/mol. The molecule has 2 saturated carbocycles. The quantitative estimate of drug-likeness (QED) is 0.578. The van der Waals surface area contributed by atoms with Crippen molar-refractivity contribution in [3.8, 4) is 0 Å². The minimum absolute atomic E-state index is 0.180. The number of hydrogen-bond acceptors (Lipinski definition) is 4. The van der Waals surface area contributed by atoms with Crippen molar-refractivity contribution in [2.75, 3.05) is 0 Å². The maximum Gasteiger partial charge on any atom is 0.235 e. The first kappa shape index (κ1) is 16.1. The van der Waals surface area contributed by atoms with Crippen LogP contribution in [0, 0.1) is 5.41 Å². The Morgan fingerprint density at radius 2 is 1.38 bits per heavy atom. The second-order valence-corrected chi connectivity index (χ2v) is 7.79. The smallest absolute Gasteiger partial charge is 0.211 e. The molecule has 0 saturated heterocycles. The minimum atomic E-state index is -0.388. The summed E-state index contributed by atoms with van der Waals surface area (Å²) in [6.07, 6.45) is 13.5. The van der Waals surface area contributed by atoms with Crippen molar-refractivity contribution in [3.05, 3.63) is 0 Å². The lowest BCUT2D eigenvalue weighted by Gasteiger charge is -2.46. The monoisotopic (exact) mass is 290 g/mol. The Balaban J connectivity index is 2.29. The van der Waals surface area contributed by atoms with Crippen LogP contribution in [0.1, 0.15) is 78.1 Å². The summed E-state index contributed by atoms with van der Waals surface area (Å²) in [5, 5.41) is 0. The molecule has 2 fully saturated rings. The summed E-state index contributed by atoms with van der Waals surface area (Å²) >= 11 is 0. The van der Waals surface area contributed by atoms with Gasteiger partial charge in [0.25, 0.3) is 0 Å². The fraction of sp³-hybridized carbons (Fsp3) is 0.882. The molecule has 0 aromatic heterocycles. The zero-order valence-electron chi connectivity index (χ0n) is 13.3. The number of isocyanates is 2. The molecule has 0 spiro atoms. The summed E-state index contributed by atoms with van der Waals surface area (Å²) < 4.78 is 0. The maximum absolute atomic E-state index is 11.0. The van der Waals surface area contributed by atoms with Crippen LogP contribution in [0.5, 0.6) is 0 Å². The lowest BCUT2D eigenvalue weighted by Crippen LogP contribution is -2.45. The topological polar surface area (TPSA) is 58.9 Å². The van der Waals surface area contributed by atoms with E-state index in [0.29, 0.717) is 6.42 Å². The second kappa shape index (κ2) is 6.25. The molecule has 2 aliphatic carbocycles. The molecule has 2 rings (SSSR count). The van der Waals surface area contributed by atoms with Gasteiger partial charge in [-0.3, -0.25) is 0 Å².